The predicted octanol–water partition coefficient (Wildman–Crippen LogP) is 3.44. The molecule has 0 fully saturated rings. The normalized spacial score (nSPS) is 25.0. The van der Waals surface area contributed by atoms with Crippen LogP contribution in [0.1, 0.15) is 49.1 Å². The summed E-state index contributed by atoms with van der Waals surface area (Å²) in [6.07, 6.45) is 2.19. The van der Waals surface area contributed by atoms with E-state index in [1.165, 1.54) is 11.3 Å². The molecule has 2 aromatic heterocycles. The van der Waals surface area contributed by atoms with Crippen LogP contribution in [0.25, 0.3) is 0 Å². The first kappa shape index (κ1) is 15.8. The first-order chi connectivity index (χ1) is 11.4. The monoisotopic (exact) mass is 328 g/mol. The quantitative estimate of drug-likeness (QED) is 0.906. The van der Waals surface area contributed by atoms with Crippen molar-refractivity contribution in [1.29, 1.82) is 0 Å². The van der Waals surface area contributed by atoms with Crippen LogP contribution in [0.4, 0.5) is 5.82 Å². The molecule has 0 aromatic carbocycles. The van der Waals surface area contributed by atoms with E-state index in [0.717, 1.165) is 49.7 Å². The molecule has 3 heterocycles. The smallest absolute Gasteiger partial charge is 0.124 e. The summed E-state index contributed by atoms with van der Waals surface area (Å²) < 4.78 is 8.05. The largest absolute Gasteiger partial charge is 0.466 e. The van der Waals surface area contributed by atoms with E-state index in [2.05, 4.69) is 53.3 Å². The molecule has 1 aliphatic heterocycles. The number of anilines is 1. The van der Waals surface area contributed by atoms with Gasteiger partial charge in [0.2, 0.25) is 0 Å². The fraction of sp³-hybridized carbons (Fsp3) is 0.632. The van der Waals surface area contributed by atoms with Crippen LogP contribution in [0, 0.1) is 25.2 Å². The molecule has 2 atom stereocenters. The van der Waals surface area contributed by atoms with Gasteiger partial charge in [0, 0.05) is 49.6 Å². The number of fused-ring (bicyclic) bond motifs is 2. The molecule has 0 bridgehead atoms. The minimum atomic E-state index is 0.284. The van der Waals surface area contributed by atoms with E-state index in [-0.39, 0.29) is 5.41 Å². The maximum Gasteiger partial charge on any atom is 0.124 e. The van der Waals surface area contributed by atoms with E-state index < -0.39 is 0 Å². The predicted molar refractivity (Wildman–Crippen MR) is 95.2 cm³/mol. The van der Waals surface area contributed by atoms with Crippen molar-refractivity contribution >= 4 is 5.82 Å². The van der Waals surface area contributed by atoms with Gasteiger partial charge in [0.15, 0.2) is 0 Å². The van der Waals surface area contributed by atoms with Gasteiger partial charge in [-0.15, -0.1) is 0 Å². The molecule has 0 saturated carbocycles. The highest BCUT2D eigenvalue weighted by molar-refractivity contribution is 5.38. The maximum atomic E-state index is 5.95. The fourth-order valence-electron chi connectivity index (χ4n) is 4.20. The van der Waals surface area contributed by atoms with Crippen molar-refractivity contribution in [2.45, 2.75) is 53.1 Å². The summed E-state index contributed by atoms with van der Waals surface area (Å²) in [5.74, 6) is 3.90. The Hall–Kier alpha value is -1.75. The molecule has 0 saturated heterocycles. The lowest BCUT2D eigenvalue weighted by Crippen LogP contribution is -2.39. The Kier molecular flexibility index (Phi) is 3.71. The average molecular weight is 328 g/mol. The van der Waals surface area contributed by atoms with Gasteiger partial charge in [0.25, 0.3) is 0 Å². The lowest BCUT2D eigenvalue weighted by atomic mass is 9.74. The Morgan fingerprint density at radius 1 is 1.38 bits per heavy atom. The molecule has 0 radical (unpaired) electrons. The van der Waals surface area contributed by atoms with Crippen molar-refractivity contribution in [3.05, 3.63) is 34.9 Å². The third kappa shape index (κ3) is 2.97. The van der Waals surface area contributed by atoms with Crippen LogP contribution >= 0.6 is 0 Å². The second kappa shape index (κ2) is 5.66. The summed E-state index contributed by atoms with van der Waals surface area (Å²) in [5, 5.41) is 11.9. The number of aryl methyl sites for hydroxylation is 2. The Bertz CT molecular complexity index is 743. The van der Waals surface area contributed by atoms with Gasteiger partial charge in [-0.3, -0.25) is 0 Å². The molecule has 2 aliphatic rings. The summed E-state index contributed by atoms with van der Waals surface area (Å²) >= 11 is 0. The van der Waals surface area contributed by atoms with E-state index >= 15 is 0 Å². The second-order valence-electron chi connectivity index (χ2n) is 8.34. The molecule has 0 amide bonds. The summed E-state index contributed by atoms with van der Waals surface area (Å²) in [5.41, 5.74) is 2.73. The summed E-state index contributed by atoms with van der Waals surface area (Å²) in [6, 6.07) is 4.73. The molecule has 2 aromatic rings. The average Bonchev–Trinajstić information content (AvgIpc) is 3.03. The van der Waals surface area contributed by atoms with Gasteiger partial charge in [0.1, 0.15) is 17.3 Å². The third-order valence-corrected chi connectivity index (χ3v) is 5.29. The molecule has 0 unspecified atom stereocenters. The Morgan fingerprint density at radius 3 is 3.04 bits per heavy atom. The van der Waals surface area contributed by atoms with E-state index in [9.17, 15) is 0 Å². The minimum Gasteiger partial charge on any atom is -0.466 e. The Morgan fingerprint density at radius 2 is 2.21 bits per heavy atom. The fourth-order valence-corrected chi connectivity index (χ4v) is 4.20. The molecule has 1 aliphatic carbocycles. The molecule has 2 N–H and O–H groups in total. The highest BCUT2D eigenvalue weighted by Crippen LogP contribution is 2.42. The zero-order valence-corrected chi connectivity index (χ0v) is 15.1. The van der Waals surface area contributed by atoms with Gasteiger partial charge in [-0.1, -0.05) is 13.8 Å². The van der Waals surface area contributed by atoms with E-state index in [1.807, 2.05) is 6.92 Å². The first-order valence-corrected chi connectivity index (χ1v) is 9.00. The van der Waals surface area contributed by atoms with Gasteiger partial charge < -0.3 is 15.1 Å². The SMILES string of the molecule is Cc1cc2n(n1)C[C@H](CN[C@H]1CC(C)(C)Cc3oc(C)cc31)CN2. The summed E-state index contributed by atoms with van der Waals surface area (Å²) in [4.78, 5) is 0. The maximum absolute atomic E-state index is 5.95. The molecule has 24 heavy (non-hydrogen) atoms. The Labute approximate surface area is 143 Å². The number of rotatable bonds is 3. The standard InChI is InChI=1S/C19H28N4O/c1-12-5-18-21-10-14(11-23(18)22-12)9-20-16-7-19(3,4)8-17-15(16)6-13(2)24-17/h5-6,14,16,20-21H,7-11H2,1-4H3/t14-,16+/m1/s1. The molecular formula is C19H28N4O. The highest BCUT2D eigenvalue weighted by Gasteiger charge is 2.35. The van der Waals surface area contributed by atoms with Crippen LogP contribution in [-0.2, 0) is 13.0 Å². The van der Waals surface area contributed by atoms with Crippen molar-refractivity contribution < 1.29 is 4.42 Å². The van der Waals surface area contributed by atoms with Crippen molar-refractivity contribution in [2.24, 2.45) is 11.3 Å². The van der Waals surface area contributed by atoms with Crippen LogP contribution in [0.3, 0.4) is 0 Å². The van der Waals surface area contributed by atoms with Crippen LogP contribution in [0.5, 0.6) is 0 Å². The third-order valence-electron chi connectivity index (χ3n) is 5.29. The van der Waals surface area contributed by atoms with Crippen molar-refractivity contribution in [3.8, 4) is 0 Å². The van der Waals surface area contributed by atoms with E-state index in [1.54, 1.807) is 0 Å². The van der Waals surface area contributed by atoms with Crippen LogP contribution in [0.2, 0.25) is 0 Å². The highest BCUT2D eigenvalue weighted by atomic mass is 16.3. The number of aromatic nitrogens is 2. The zero-order chi connectivity index (χ0) is 16.9. The molecule has 0 spiro atoms. The molecule has 5 nitrogen and oxygen atoms in total. The zero-order valence-electron chi connectivity index (χ0n) is 15.1. The molecule has 5 heteroatoms. The lowest BCUT2D eigenvalue weighted by molar-refractivity contribution is 0.227. The molecule has 4 rings (SSSR count). The van der Waals surface area contributed by atoms with Gasteiger partial charge in [-0.2, -0.15) is 5.10 Å². The number of nitrogens with one attached hydrogen (secondary N) is 2. The van der Waals surface area contributed by atoms with Gasteiger partial charge in [-0.05, 0) is 31.7 Å². The topological polar surface area (TPSA) is 55.0 Å². The van der Waals surface area contributed by atoms with E-state index in [4.69, 9.17) is 4.42 Å². The number of nitrogens with zero attached hydrogens (tertiary/aromatic N) is 2. The van der Waals surface area contributed by atoms with E-state index in [0.29, 0.717) is 12.0 Å². The summed E-state index contributed by atoms with van der Waals surface area (Å²) in [6.45, 7) is 11.8. The Balaban J connectivity index is 1.44. The number of hydrogen-bond donors (Lipinski definition) is 2. The minimum absolute atomic E-state index is 0.284. The van der Waals surface area contributed by atoms with Crippen molar-refractivity contribution in [3.63, 3.8) is 0 Å². The van der Waals surface area contributed by atoms with Crippen molar-refractivity contribution in [1.82, 2.24) is 15.1 Å². The van der Waals surface area contributed by atoms with Crippen LogP contribution < -0.4 is 10.6 Å². The van der Waals surface area contributed by atoms with Crippen molar-refractivity contribution in [2.75, 3.05) is 18.4 Å². The molecular weight excluding hydrogens is 300 g/mol. The lowest BCUT2D eigenvalue weighted by Gasteiger charge is -2.36. The second-order valence-corrected chi connectivity index (χ2v) is 8.34. The number of hydrogen-bond acceptors (Lipinski definition) is 4. The molecule has 130 valence electrons. The van der Waals surface area contributed by atoms with Crippen LogP contribution in [0.15, 0.2) is 16.5 Å². The first-order valence-electron chi connectivity index (χ1n) is 9.00. The van der Waals surface area contributed by atoms with Gasteiger partial charge in [0.05, 0.1) is 5.69 Å². The van der Waals surface area contributed by atoms with Gasteiger partial charge in [-0.25, -0.2) is 4.68 Å². The van der Waals surface area contributed by atoms with Gasteiger partial charge >= 0.3 is 0 Å². The van der Waals surface area contributed by atoms with Crippen LogP contribution in [-0.4, -0.2) is 22.9 Å². The number of furan rings is 1. The summed E-state index contributed by atoms with van der Waals surface area (Å²) in [7, 11) is 0.